The minimum atomic E-state index is 0.360. The largest absolute Gasteiger partial charge is 0.464 e. The molecule has 0 saturated carbocycles. The molecular formula is C11H17NOS. The number of rotatable bonds is 2. The van der Waals surface area contributed by atoms with Crippen LogP contribution in [0.5, 0.6) is 0 Å². The van der Waals surface area contributed by atoms with Gasteiger partial charge in [0.2, 0.25) is 0 Å². The highest BCUT2D eigenvalue weighted by atomic mass is 32.2. The van der Waals surface area contributed by atoms with E-state index in [2.05, 4.69) is 31.3 Å². The van der Waals surface area contributed by atoms with Gasteiger partial charge in [-0.05, 0) is 25.1 Å². The molecular weight excluding hydrogens is 194 g/mol. The second-order valence-electron chi connectivity index (χ2n) is 3.73. The fraction of sp³-hybridized carbons (Fsp3) is 0.636. The first-order chi connectivity index (χ1) is 6.79. The Kier molecular flexibility index (Phi) is 3.19. The van der Waals surface area contributed by atoms with E-state index >= 15 is 0 Å². The second kappa shape index (κ2) is 4.41. The molecule has 14 heavy (non-hydrogen) atoms. The van der Waals surface area contributed by atoms with E-state index in [4.69, 9.17) is 4.42 Å². The Balaban J connectivity index is 2.06. The summed E-state index contributed by atoms with van der Waals surface area (Å²) in [6, 6.07) is 4.18. The molecule has 0 bridgehead atoms. The SMILES string of the molecule is CCc1ccc(C2NCCC(C)S2)o1. The number of furan rings is 1. The van der Waals surface area contributed by atoms with Crippen LogP contribution < -0.4 is 5.32 Å². The van der Waals surface area contributed by atoms with Gasteiger partial charge in [0.15, 0.2) is 0 Å². The predicted molar refractivity (Wildman–Crippen MR) is 60.5 cm³/mol. The number of hydrogen-bond donors (Lipinski definition) is 1. The Morgan fingerprint density at radius 2 is 2.43 bits per heavy atom. The Morgan fingerprint density at radius 3 is 3.07 bits per heavy atom. The third kappa shape index (κ3) is 2.15. The lowest BCUT2D eigenvalue weighted by atomic mass is 10.3. The lowest BCUT2D eigenvalue weighted by Crippen LogP contribution is -2.28. The fourth-order valence-corrected chi connectivity index (χ4v) is 2.85. The van der Waals surface area contributed by atoms with Crippen LogP contribution in [-0.4, -0.2) is 11.8 Å². The van der Waals surface area contributed by atoms with E-state index in [-0.39, 0.29) is 0 Å². The fourth-order valence-electron chi connectivity index (χ4n) is 1.66. The van der Waals surface area contributed by atoms with Gasteiger partial charge in [0, 0.05) is 11.7 Å². The van der Waals surface area contributed by atoms with Gasteiger partial charge < -0.3 is 4.42 Å². The first-order valence-electron chi connectivity index (χ1n) is 5.27. The molecule has 2 unspecified atom stereocenters. The molecule has 1 N–H and O–H groups in total. The van der Waals surface area contributed by atoms with E-state index < -0.39 is 0 Å². The van der Waals surface area contributed by atoms with Crippen LogP contribution in [0.25, 0.3) is 0 Å². The van der Waals surface area contributed by atoms with E-state index in [1.54, 1.807) is 0 Å². The molecule has 1 saturated heterocycles. The van der Waals surface area contributed by atoms with Crippen molar-refractivity contribution in [2.45, 2.75) is 37.3 Å². The van der Waals surface area contributed by atoms with Gasteiger partial charge in [0.05, 0.1) is 0 Å². The maximum atomic E-state index is 5.74. The molecule has 2 rings (SSSR count). The first kappa shape index (κ1) is 10.1. The van der Waals surface area contributed by atoms with Gasteiger partial charge in [-0.2, -0.15) is 0 Å². The minimum Gasteiger partial charge on any atom is -0.464 e. The summed E-state index contributed by atoms with van der Waals surface area (Å²) in [4.78, 5) is 0. The average molecular weight is 211 g/mol. The van der Waals surface area contributed by atoms with Crippen molar-refractivity contribution in [1.82, 2.24) is 5.32 Å². The molecule has 78 valence electrons. The molecule has 0 aliphatic carbocycles. The molecule has 1 aliphatic heterocycles. The van der Waals surface area contributed by atoms with Crippen LogP contribution in [0.15, 0.2) is 16.5 Å². The lowest BCUT2D eigenvalue weighted by molar-refractivity contribution is 0.438. The Morgan fingerprint density at radius 1 is 1.57 bits per heavy atom. The summed E-state index contributed by atoms with van der Waals surface area (Å²) in [7, 11) is 0. The zero-order valence-electron chi connectivity index (χ0n) is 8.75. The highest BCUT2D eigenvalue weighted by molar-refractivity contribution is 8.00. The smallest absolute Gasteiger partial charge is 0.131 e. The van der Waals surface area contributed by atoms with Crippen LogP contribution >= 0.6 is 11.8 Å². The van der Waals surface area contributed by atoms with Crippen molar-refractivity contribution in [2.75, 3.05) is 6.54 Å². The maximum absolute atomic E-state index is 5.74. The summed E-state index contributed by atoms with van der Waals surface area (Å²) in [5, 5.41) is 4.57. The topological polar surface area (TPSA) is 25.2 Å². The van der Waals surface area contributed by atoms with Crippen molar-refractivity contribution in [3.05, 3.63) is 23.7 Å². The van der Waals surface area contributed by atoms with Crippen molar-refractivity contribution < 1.29 is 4.42 Å². The van der Waals surface area contributed by atoms with Gasteiger partial charge in [-0.1, -0.05) is 13.8 Å². The van der Waals surface area contributed by atoms with Crippen LogP contribution in [0, 0.1) is 0 Å². The molecule has 1 fully saturated rings. The molecule has 2 heterocycles. The van der Waals surface area contributed by atoms with Crippen LogP contribution in [-0.2, 0) is 6.42 Å². The zero-order chi connectivity index (χ0) is 9.97. The van der Waals surface area contributed by atoms with Gasteiger partial charge in [0.1, 0.15) is 16.9 Å². The van der Waals surface area contributed by atoms with Gasteiger partial charge in [-0.3, -0.25) is 5.32 Å². The van der Waals surface area contributed by atoms with Gasteiger partial charge >= 0.3 is 0 Å². The van der Waals surface area contributed by atoms with Crippen LogP contribution in [0.4, 0.5) is 0 Å². The number of aryl methyl sites for hydroxylation is 1. The van der Waals surface area contributed by atoms with E-state index in [9.17, 15) is 0 Å². The van der Waals surface area contributed by atoms with Gasteiger partial charge in [-0.15, -0.1) is 11.8 Å². The average Bonchev–Trinajstić information content (AvgIpc) is 2.66. The predicted octanol–water partition coefficient (Wildman–Crippen LogP) is 2.96. The Labute approximate surface area is 89.4 Å². The minimum absolute atomic E-state index is 0.360. The summed E-state index contributed by atoms with van der Waals surface area (Å²) >= 11 is 1.96. The van der Waals surface area contributed by atoms with Crippen molar-refractivity contribution in [3.8, 4) is 0 Å². The molecule has 1 aliphatic rings. The van der Waals surface area contributed by atoms with Crippen molar-refractivity contribution in [1.29, 1.82) is 0 Å². The van der Waals surface area contributed by atoms with Gasteiger partial charge in [-0.25, -0.2) is 0 Å². The zero-order valence-corrected chi connectivity index (χ0v) is 9.56. The molecule has 0 spiro atoms. The molecule has 1 aromatic heterocycles. The van der Waals surface area contributed by atoms with E-state index in [1.807, 2.05) is 11.8 Å². The van der Waals surface area contributed by atoms with Crippen LogP contribution in [0.3, 0.4) is 0 Å². The van der Waals surface area contributed by atoms with E-state index in [0.29, 0.717) is 5.37 Å². The standard InChI is InChI=1S/C11H17NOS/c1-3-9-4-5-10(13-9)11-12-7-6-8(2)14-11/h4-5,8,11-12H,3,6-7H2,1-2H3. The van der Waals surface area contributed by atoms with Crippen molar-refractivity contribution in [2.24, 2.45) is 0 Å². The summed E-state index contributed by atoms with van der Waals surface area (Å²) < 4.78 is 5.74. The first-order valence-corrected chi connectivity index (χ1v) is 6.21. The summed E-state index contributed by atoms with van der Waals surface area (Å²) in [6.45, 7) is 5.50. The summed E-state index contributed by atoms with van der Waals surface area (Å²) in [5.41, 5.74) is 0. The number of hydrogen-bond acceptors (Lipinski definition) is 3. The molecule has 2 nitrogen and oxygen atoms in total. The number of thioether (sulfide) groups is 1. The second-order valence-corrected chi connectivity index (χ2v) is 5.28. The normalized spacial score (nSPS) is 27.9. The maximum Gasteiger partial charge on any atom is 0.131 e. The highest BCUT2D eigenvalue weighted by Gasteiger charge is 2.22. The van der Waals surface area contributed by atoms with Crippen LogP contribution in [0.1, 0.15) is 37.2 Å². The number of nitrogens with one attached hydrogen (secondary N) is 1. The van der Waals surface area contributed by atoms with E-state index in [1.165, 1.54) is 6.42 Å². The van der Waals surface area contributed by atoms with Gasteiger partial charge in [0.25, 0.3) is 0 Å². The summed E-state index contributed by atoms with van der Waals surface area (Å²) in [5.74, 6) is 2.17. The quantitative estimate of drug-likeness (QED) is 0.814. The highest BCUT2D eigenvalue weighted by Crippen LogP contribution is 2.35. The third-order valence-electron chi connectivity index (χ3n) is 2.54. The van der Waals surface area contributed by atoms with Crippen molar-refractivity contribution in [3.63, 3.8) is 0 Å². The lowest BCUT2D eigenvalue weighted by Gasteiger charge is -2.26. The van der Waals surface area contributed by atoms with Crippen molar-refractivity contribution >= 4 is 11.8 Å². The molecule has 0 aromatic carbocycles. The van der Waals surface area contributed by atoms with E-state index in [0.717, 1.165) is 29.7 Å². The molecule has 2 atom stereocenters. The third-order valence-corrected chi connectivity index (χ3v) is 3.91. The molecule has 3 heteroatoms. The Hall–Kier alpha value is -0.410. The monoisotopic (exact) mass is 211 g/mol. The molecule has 0 radical (unpaired) electrons. The Bertz CT molecular complexity index is 297. The summed E-state index contributed by atoms with van der Waals surface area (Å²) in [6.07, 6.45) is 2.23. The van der Waals surface area contributed by atoms with Crippen LogP contribution in [0.2, 0.25) is 0 Å². The molecule has 0 amide bonds. The molecule has 1 aromatic rings.